The van der Waals surface area contributed by atoms with Crippen LogP contribution in [-0.4, -0.2) is 54.8 Å². The average molecular weight is 307 g/mol. The van der Waals surface area contributed by atoms with Crippen LogP contribution in [0, 0.1) is 6.92 Å². The van der Waals surface area contributed by atoms with E-state index in [4.69, 9.17) is 9.47 Å². The monoisotopic (exact) mass is 307 g/mol. The third-order valence-electron chi connectivity index (χ3n) is 4.17. The highest BCUT2D eigenvalue weighted by atomic mass is 16.5. The molecule has 0 radical (unpaired) electrons. The zero-order valence-corrected chi connectivity index (χ0v) is 13.1. The quantitative estimate of drug-likeness (QED) is 0.896. The van der Waals surface area contributed by atoms with Gasteiger partial charge in [0.05, 0.1) is 13.7 Å². The molecule has 0 saturated carbocycles. The fourth-order valence-corrected chi connectivity index (χ4v) is 2.96. The smallest absolute Gasteiger partial charge is 0.332 e. The second kappa shape index (κ2) is 6.36. The van der Waals surface area contributed by atoms with Crippen LogP contribution in [0.2, 0.25) is 0 Å². The van der Waals surface area contributed by atoms with Crippen molar-refractivity contribution in [2.75, 3.05) is 27.4 Å². The van der Waals surface area contributed by atoms with E-state index in [-0.39, 0.29) is 12.5 Å². The Morgan fingerprint density at radius 2 is 2.09 bits per heavy atom. The van der Waals surface area contributed by atoms with E-state index in [1.165, 1.54) is 12.0 Å². The summed E-state index contributed by atoms with van der Waals surface area (Å²) in [7, 11) is 2.99. The van der Waals surface area contributed by atoms with Crippen LogP contribution >= 0.6 is 0 Å². The number of methoxy groups -OCH3 is 2. The molecule has 6 nitrogen and oxygen atoms in total. The van der Waals surface area contributed by atoms with Crippen molar-refractivity contribution in [1.82, 2.24) is 4.90 Å². The number of nitrogens with zero attached hydrogens (tertiary/aromatic N) is 1. The van der Waals surface area contributed by atoms with Crippen molar-refractivity contribution in [3.63, 3.8) is 0 Å². The first-order valence-corrected chi connectivity index (χ1v) is 7.15. The Labute approximate surface area is 129 Å². The summed E-state index contributed by atoms with van der Waals surface area (Å²) >= 11 is 0. The van der Waals surface area contributed by atoms with Gasteiger partial charge in [0, 0.05) is 19.2 Å². The molecule has 6 heteroatoms. The molecule has 22 heavy (non-hydrogen) atoms. The van der Waals surface area contributed by atoms with Crippen LogP contribution in [0.25, 0.3) is 0 Å². The Kier molecular flexibility index (Phi) is 4.71. The molecule has 0 bridgehead atoms. The highest BCUT2D eigenvalue weighted by molar-refractivity contribution is 5.98. The van der Waals surface area contributed by atoms with E-state index in [1.807, 2.05) is 6.92 Å². The van der Waals surface area contributed by atoms with Crippen LogP contribution in [0.3, 0.4) is 0 Å². The molecule has 1 atom stereocenters. The van der Waals surface area contributed by atoms with Gasteiger partial charge in [-0.05, 0) is 37.5 Å². The van der Waals surface area contributed by atoms with E-state index in [9.17, 15) is 14.7 Å². The predicted molar refractivity (Wildman–Crippen MR) is 80.2 cm³/mol. The van der Waals surface area contributed by atoms with Crippen molar-refractivity contribution < 1.29 is 24.2 Å². The molecule has 1 saturated heterocycles. The summed E-state index contributed by atoms with van der Waals surface area (Å²) in [5, 5.41) is 9.61. The lowest BCUT2D eigenvalue weighted by molar-refractivity contribution is -0.151. The first kappa shape index (κ1) is 16.3. The lowest BCUT2D eigenvalue weighted by Crippen LogP contribution is -2.56. The number of benzene rings is 1. The molecular weight excluding hydrogens is 286 g/mol. The van der Waals surface area contributed by atoms with E-state index in [1.54, 1.807) is 25.3 Å². The summed E-state index contributed by atoms with van der Waals surface area (Å²) in [6.07, 6.45) is 1.04. The van der Waals surface area contributed by atoms with Gasteiger partial charge in [-0.1, -0.05) is 6.07 Å². The second-order valence-electron chi connectivity index (χ2n) is 5.51. The minimum absolute atomic E-state index is 0.0168. The third kappa shape index (κ3) is 2.66. The van der Waals surface area contributed by atoms with Crippen molar-refractivity contribution >= 4 is 11.9 Å². The number of amides is 1. The van der Waals surface area contributed by atoms with E-state index in [0.717, 1.165) is 5.56 Å². The lowest BCUT2D eigenvalue weighted by atomic mass is 9.96. The minimum atomic E-state index is -1.29. The molecule has 1 aliphatic rings. The van der Waals surface area contributed by atoms with Gasteiger partial charge in [0.15, 0.2) is 5.54 Å². The third-order valence-corrected chi connectivity index (χ3v) is 4.17. The molecule has 1 amide bonds. The van der Waals surface area contributed by atoms with Gasteiger partial charge < -0.3 is 19.5 Å². The summed E-state index contributed by atoms with van der Waals surface area (Å²) in [5.74, 6) is -0.729. The van der Waals surface area contributed by atoms with Crippen LogP contribution in [-0.2, 0) is 9.53 Å². The number of hydrogen-bond acceptors (Lipinski definition) is 4. The van der Waals surface area contributed by atoms with Gasteiger partial charge in [0.2, 0.25) is 0 Å². The Morgan fingerprint density at radius 1 is 1.36 bits per heavy atom. The highest BCUT2D eigenvalue weighted by Gasteiger charge is 2.50. The van der Waals surface area contributed by atoms with Gasteiger partial charge >= 0.3 is 5.97 Å². The molecule has 1 heterocycles. The Balaban J connectivity index is 2.37. The molecule has 0 aromatic heterocycles. The zero-order chi connectivity index (χ0) is 16.3. The number of likely N-dealkylation sites (tertiary alicyclic amines) is 1. The standard InChI is InChI=1S/C16H21NO5/c1-11-5-6-12(9-13(11)22-3)14(18)17-8-4-7-16(17,10-21-2)15(19)20/h5-6,9H,4,7-8,10H2,1-3H3,(H,19,20). The fourth-order valence-electron chi connectivity index (χ4n) is 2.96. The van der Waals surface area contributed by atoms with Crippen molar-refractivity contribution in [3.8, 4) is 5.75 Å². The number of aliphatic carboxylic acids is 1. The molecule has 1 aromatic rings. The van der Waals surface area contributed by atoms with Crippen molar-refractivity contribution in [1.29, 1.82) is 0 Å². The van der Waals surface area contributed by atoms with Gasteiger partial charge in [0.1, 0.15) is 5.75 Å². The van der Waals surface area contributed by atoms with Crippen LogP contribution in [0.5, 0.6) is 5.75 Å². The number of carbonyl (C=O) groups excluding carboxylic acids is 1. The number of carboxylic acids is 1. The number of rotatable bonds is 5. The number of aryl methyl sites for hydroxylation is 1. The number of carbonyl (C=O) groups is 2. The number of ether oxygens (including phenoxy) is 2. The molecule has 1 fully saturated rings. The summed E-state index contributed by atoms with van der Waals surface area (Å²) < 4.78 is 10.3. The highest BCUT2D eigenvalue weighted by Crippen LogP contribution is 2.32. The van der Waals surface area contributed by atoms with Crippen molar-refractivity contribution in [3.05, 3.63) is 29.3 Å². The van der Waals surface area contributed by atoms with Crippen molar-refractivity contribution in [2.24, 2.45) is 0 Å². The maximum Gasteiger partial charge on any atom is 0.332 e. The maximum atomic E-state index is 12.8. The van der Waals surface area contributed by atoms with Gasteiger partial charge in [0.25, 0.3) is 5.91 Å². The number of carboxylic acid groups (broad SMARTS) is 1. The lowest BCUT2D eigenvalue weighted by Gasteiger charge is -2.34. The Bertz CT molecular complexity index is 586. The van der Waals surface area contributed by atoms with E-state index in [2.05, 4.69) is 0 Å². The first-order valence-electron chi connectivity index (χ1n) is 7.15. The molecule has 2 rings (SSSR count). The van der Waals surface area contributed by atoms with Crippen LogP contribution in [0.15, 0.2) is 18.2 Å². The SMILES string of the molecule is COCC1(C(=O)O)CCCN1C(=O)c1ccc(C)c(OC)c1. The van der Waals surface area contributed by atoms with Gasteiger partial charge in [-0.2, -0.15) is 0 Å². The average Bonchev–Trinajstić information content (AvgIpc) is 2.92. The van der Waals surface area contributed by atoms with Gasteiger partial charge in [-0.25, -0.2) is 4.79 Å². The summed E-state index contributed by atoms with van der Waals surface area (Å²) in [5.41, 5.74) is 0.0529. The Hall–Kier alpha value is -2.08. The van der Waals surface area contributed by atoms with Crippen LogP contribution < -0.4 is 4.74 Å². The molecule has 0 aliphatic carbocycles. The topological polar surface area (TPSA) is 76.1 Å². The van der Waals surface area contributed by atoms with Crippen molar-refractivity contribution in [2.45, 2.75) is 25.3 Å². The van der Waals surface area contributed by atoms with E-state index >= 15 is 0 Å². The summed E-state index contributed by atoms with van der Waals surface area (Å²) in [4.78, 5) is 25.9. The van der Waals surface area contributed by atoms with E-state index < -0.39 is 11.5 Å². The molecule has 1 aliphatic heterocycles. The molecule has 1 N–H and O–H groups in total. The normalized spacial score (nSPS) is 21.0. The summed E-state index contributed by atoms with van der Waals surface area (Å²) in [6.45, 7) is 2.27. The van der Waals surface area contributed by atoms with Crippen LogP contribution in [0.4, 0.5) is 0 Å². The molecule has 0 spiro atoms. The molecule has 1 unspecified atom stereocenters. The Morgan fingerprint density at radius 3 is 2.68 bits per heavy atom. The largest absolute Gasteiger partial charge is 0.496 e. The van der Waals surface area contributed by atoms with Gasteiger partial charge in [-0.3, -0.25) is 4.79 Å². The summed E-state index contributed by atoms with van der Waals surface area (Å²) in [6, 6.07) is 5.13. The molecular formula is C16H21NO5. The molecule has 120 valence electrons. The fraction of sp³-hybridized carbons (Fsp3) is 0.500. The maximum absolute atomic E-state index is 12.8. The zero-order valence-electron chi connectivity index (χ0n) is 13.1. The van der Waals surface area contributed by atoms with Gasteiger partial charge in [-0.15, -0.1) is 0 Å². The van der Waals surface area contributed by atoms with E-state index in [0.29, 0.717) is 30.7 Å². The van der Waals surface area contributed by atoms with Crippen LogP contribution in [0.1, 0.15) is 28.8 Å². The minimum Gasteiger partial charge on any atom is -0.496 e. The predicted octanol–water partition coefficient (Wildman–Crippen LogP) is 1.71. The molecule has 1 aromatic carbocycles. The second-order valence-corrected chi connectivity index (χ2v) is 5.51. The first-order chi connectivity index (χ1) is 10.5. The number of hydrogen-bond donors (Lipinski definition) is 1.